The summed E-state index contributed by atoms with van der Waals surface area (Å²) in [4.78, 5) is 18.6. The predicted octanol–water partition coefficient (Wildman–Crippen LogP) is 4.37. The minimum absolute atomic E-state index is 0.138. The smallest absolute Gasteiger partial charge is 0.251 e. The minimum atomic E-state index is -0.807. The van der Waals surface area contributed by atoms with Crippen molar-refractivity contribution < 1.29 is 19.4 Å². The summed E-state index contributed by atoms with van der Waals surface area (Å²) in [5, 5.41) is 16.7. The van der Waals surface area contributed by atoms with Crippen LogP contribution in [-0.4, -0.2) is 80.8 Å². The summed E-state index contributed by atoms with van der Waals surface area (Å²) in [6.07, 6.45) is 3.13. The highest BCUT2D eigenvalue weighted by Gasteiger charge is 2.26. The molecule has 2 aromatic rings. The highest BCUT2D eigenvalue weighted by atomic mass is 16.5. The van der Waals surface area contributed by atoms with Crippen LogP contribution in [-0.2, 0) is 16.0 Å². The lowest BCUT2D eigenvalue weighted by atomic mass is 9.94. The molecule has 1 atom stereocenters. The van der Waals surface area contributed by atoms with E-state index in [-0.39, 0.29) is 12.5 Å². The number of benzene rings is 2. The number of morpholine rings is 1. The molecule has 2 fully saturated rings. The number of ether oxygens (including phenoxy) is 2. The molecule has 3 aliphatic rings. The molecule has 3 N–H and O–H groups in total. The number of dihydropyridines is 1. The van der Waals surface area contributed by atoms with Gasteiger partial charge in [-0.1, -0.05) is 24.3 Å². The maximum absolute atomic E-state index is 13.8. The van der Waals surface area contributed by atoms with Gasteiger partial charge in [0, 0.05) is 74.5 Å². The van der Waals surface area contributed by atoms with E-state index in [1.54, 1.807) is 0 Å². The first kappa shape index (κ1) is 30.3. The van der Waals surface area contributed by atoms with Crippen molar-refractivity contribution in [1.82, 2.24) is 15.5 Å². The van der Waals surface area contributed by atoms with Gasteiger partial charge < -0.3 is 30.1 Å². The van der Waals surface area contributed by atoms with E-state index in [2.05, 4.69) is 64.6 Å². The van der Waals surface area contributed by atoms with Gasteiger partial charge in [-0.05, 0) is 86.6 Å². The van der Waals surface area contributed by atoms with Crippen LogP contribution in [0.25, 0.3) is 11.1 Å². The Labute approximate surface area is 250 Å². The first-order chi connectivity index (χ1) is 20.3. The van der Waals surface area contributed by atoms with Crippen LogP contribution in [0.3, 0.4) is 0 Å². The zero-order valence-corrected chi connectivity index (χ0v) is 25.5. The van der Waals surface area contributed by atoms with Crippen molar-refractivity contribution in [3.05, 3.63) is 76.0 Å². The monoisotopic (exact) mass is 574 g/mol. The molecule has 8 nitrogen and oxygen atoms in total. The minimum Gasteiger partial charge on any atom is -0.381 e. The molecule has 0 spiro atoms. The normalized spacial score (nSPS) is 20.2. The third-order valence-electron chi connectivity index (χ3n) is 8.78. The lowest BCUT2D eigenvalue weighted by Gasteiger charge is -2.37. The molecule has 2 aromatic carbocycles. The largest absolute Gasteiger partial charge is 0.381 e. The fraction of sp³-hybridized carbons (Fsp3) is 0.500. The first-order valence-corrected chi connectivity index (χ1v) is 15.3. The lowest BCUT2D eigenvalue weighted by molar-refractivity contribution is 0.0342. The van der Waals surface area contributed by atoms with Crippen molar-refractivity contribution in [2.24, 2.45) is 0 Å². The summed E-state index contributed by atoms with van der Waals surface area (Å²) in [6, 6.07) is 13.4. The molecule has 226 valence electrons. The number of nitrogens with one attached hydrogen (secondary N) is 2. The van der Waals surface area contributed by atoms with Gasteiger partial charge in [0.1, 0.15) is 6.23 Å². The third-order valence-corrected chi connectivity index (χ3v) is 8.78. The Hall–Kier alpha value is -3.17. The number of aliphatic hydroxyl groups excluding tert-OH is 1. The van der Waals surface area contributed by atoms with E-state index < -0.39 is 6.23 Å². The van der Waals surface area contributed by atoms with Gasteiger partial charge in [0.2, 0.25) is 0 Å². The van der Waals surface area contributed by atoms with Crippen molar-refractivity contribution in [3.63, 3.8) is 0 Å². The lowest BCUT2D eigenvalue weighted by Crippen LogP contribution is -2.40. The molecule has 3 aliphatic heterocycles. The van der Waals surface area contributed by atoms with E-state index in [0.29, 0.717) is 11.6 Å². The van der Waals surface area contributed by atoms with Gasteiger partial charge >= 0.3 is 0 Å². The summed E-state index contributed by atoms with van der Waals surface area (Å²) in [5.41, 5.74) is 8.77. The fourth-order valence-electron chi connectivity index (χ4n) is 6.33. The number of carbonyl (C=O) groups excluding carboxylic acids is 1. The number of amides is 1. The van der Waals surface area contributed by atoms with Gasteiger partial charge in [-0.15, -0.1) is 0 Å². The number of hydrogen-bond donors (Lipinski definition) is 3. The molecule has 1 unspecified atom stereocenters. The van der Waals surface area contributed by atoms with Crippen LogP contribution >= 0.6 is 0 Å². The number of carbonyl (C=O) groups is 1. The van der Waals surface area contributed by atoms with Crippen LogP contribution in [0.15, 0.2) is 59.3 Å². The van der Waals surface area contributed by atoms with Crippen molar-refractivity contribution in [1.29, 1.82) is 0 Å². The summed E-state index contributed by atoms with van der Waals surface area (Å²) < 4.78 is 11.2. The molecule has 0 saturated carbocycles. The Bertz CT molecular complexity index is 1310. The maximum atomic E-state index is 13.8. The Morgan fingerprint density at radius 2 is 1.71 bits per heavy atom. The zero-order chi connectivity index (χ0) is 29.6. The number of hydrogen-bond acceptors (Lipinski definition) is 7. The Balaban J connectivity index is 1.45. The zero-order valence-electron chi connectivity index (χ0n) is 25.5. The van der Waals surface area contributed by atoms with Crippen molar-refractivity contribution in [3.8, 4) is 11.1 Å². The first-order valence-electron chi connectivity index (χ1n) is 15.3. The number of aliphatic hydroxyl groups is 1. The summed E-state index contributed by atoms with van der Waals surface area (Å²) >= 11 is 0. The number of allylic oxidation sites excluding steroid dienone is 3. The molecule has 0 radical (unpaired) electrons. The van der Waals surface area contributed by atoms with Gasteiger partial charge in [-0.2, -0.15) is 0 Å². The molecular weight excluding hydrogens is 528 g/mol. The van der Waals surface area contributed by atoms with Crippen molar-refractivity contribution >= 4 is 11.6 Å². The molecule has 5 rings (SSSR count). The molecule has 2 saturated heterocycles. The molecule has 3 heterocycles. The second kappa shape index (κ2) is 13.9. The topological polar surface area (TPSA) is 86.3 Å². The third kappa shape index (κ3) is 7.06. The van der Waals surface area contributed by atoms with Crippen molar-refractivity contribution in [2.45, 2.75) is 59.4 Å². The van der Waals surface area contributed by atoms with E-state index >= 15 is 0 Å². The number of nitrogens with zero attached hydrogens (tertiary/aromatic N) is 2. The van der Waals surface area contributed by atoms with Gasteiger partial charge in [-0.25, -0.2) is 0 Å². The van der Waals surface area contributed by atoms with Crippen LogP contribution < -0.4 is 15.5 Å². The van der Waals surface area contributed by atoms with E-state index in [9.17, 15) is 9.90 Å². The van der Waals surface area contributed by atoms with Crippen LogP contribution in [0.5, 0.6) is 0 Å². The Kier molecular flexibility index (Phi) is 10.0. The predicted molar refractivity (Wildman–Crippen MR) is 168 cm³/mol. The van der Waals surface area contributed by atoms with Crippen molar-refractivity contribution in [2.75, 3.05) is 57.5 Å². The number of anilines is 1. The molecule has 8 heteroatoms. The van der Waals surface area contributed by atoms with E-state index in [4.69, 9.17) is 9.47 Å². The van der Waals surface area contributed by atoms with Gasteiger partial charge in [-0.3, -0.25) is 9.69 Å². The molecule has 1 amide bonds. The molecule has 42 heavy (non-hydrogen) atoms. The number of rotatable bonds is 9. The van der Waals surface area contributed by atoms with Crippen LogP contribution in [0.1, 0.15) is 55.1 Å². The second-order valence-electron chi connectivity index (χ2n) is 11.6. The van der Waals surface area contributed by atoms with Crippen LogP contribution in [0.2, 0.25) is 0 Å². The van der Waals surface area contributed by atoms with Gasteiger partial charge in [0.25, 0.3) is 5.91 Å². The summed E-state index contributed by atoms with van der Waals surface area (Å²) in [5.74, 6) is -0.138. The molecule has 0 bridgehead atoms. The van der Waals surface area contributed by atoms with Crippen LogP contribution in [0.4, 0.5) is 5.69 Å². The van der Waals surface area contributed by atoms with E-state index in [0.717, 1.165) is 105 Å². The molecule has 0 aromatic heterocycles. The average Bonchev–Trinajstić information content (AvgIpc) is 2.99. The molecule has 0 aliphatic carbocycles. The van der Waals surface area contributed by atoms with E-state index in [1.807, 2.05) is 26.0 Å². The highest BCUT2D eigenvalue weighted by Crippen LogP contribution is 2.34. The second-order valence-corrected chi connectivity index (χ2v) is 11.6. The summed E-state index contributed by atoms with van der Waals surface area (Å²) in [6.45, 7) is 15.2. The van der Waals surface area contributed by atoms with Crippen LogP contribution in [0, 0.1) is 6.92 Å². The molecular formula is C34H46N4O4. The standard InChI is InChI=1S/C34H46N4O4/c1-5-38(29-10-14-41-15-11-29)32-20-28(27-8-6-26(7-9-27)22-37-12-16-42-17-13-37)19-30(25(32)4)33(39)35-21-31-23(2)18-24(3)36-34(31)40/h6-9,18-20,29,34,36,40H,5,10-17,21-22H2,1-4H3,(H,35,39). The fourth-order valence-corrected chi connectivity index (χ4v) is 6.33. The maximum Gasteiger partial charge on any atom is 0.251 e. The quantitative estimate of drug-likeness (QED) is 0.410. The summed E-state index contributed by atoms with van der Waals surface area (Å²) in [7, 11) is 0. The highest BCUT2D eigenvalue weighted by molar-refractivity contribution is 5.99. The van der Waals surface area contributed by atoms with Gasteiger partial charge in [0.05, 0.1) is 13.2 Å². The SMILES string of the molecule is CCN(c1cc(-c2ccc(CN3CCOCC3)cc2)cc(C(=O)NCC2=C(C)C=C(C)NC2O)c1C)C1CCOCC1. The van der Waals surface area contributed by atoms with Gasteiger partial charge in [0.15, 0.2) is 0 Å². The Morgan fingerprint density at radius 1 is 1.02 bits per heavy atom. The Morgan fingerprint density at radius 3 is 2.38 bits per heavy atom. The average molecular weight is 575 g/mol. The van der Waals surface area contributed by atoms with E-state index in [1.165, 1.54) is 5.56 Å².